The van der Waals surface area contributed by atoms with Crippen molar-refractivity contribution < 1.29 is 9.90 Å². The van der Waals surface area contributed by atoms with Gasteiger partial charge in [-0.25, -0.2) is 0 Å². The van der Waals surface area contributed by atoms with E-state index in [2.05, 4.69) is 43.1 Å². The molecule has 0 aliphatic rings. The van der Waals surface area contributed by atoms with E-state index in [1.54, 1.807) is 0 Å². The lowest BCUT2D eigenvalue weighted by Gasteiger charge is -2.06. The molecule has 0 saturated carbocycles. The lowest BCUT2D eigenvalue weighted by Crippen LogP contribution is -1.99. The van der Waals surface area contributed by atoms with Crippen LogP contribution >= 0.6 is 0 Å². The summed E-state index contributed by atoms with van der Waals surface area (Å²) in [5.74, 6) is -0.765. The molecule has 0 radical (unpaired) electrons. The van der Waals surface area contributed by atoms with Gasteiger partial charge in [0, 0.05) is 23.0 Å². The van der Waals surface area contributed by atoms with Gasteiger partial charge >= 0.3 is 5.97 Å². The molecule has 0 atom stereocenters. The van der Waals surface area contributed by atoms with Gasteiger partial charge in [-0.15, -0.1) is 0 Å². The zero-order chi connectivity index (χ0) is 15.7. The van der Waals surface area contributed by atoms with Gasteiger partial charge in [-0.1, -0.05) is 36.4 Å². The highest BCUT2D eigenvalue weighted by Crippen LogP contribution is 2.34. The predicted molar refractivity (Wildman–Crippen MR) is 89.2 cm³/mol. The number of carboxylic acids is 1. The molecule has 0 spiro atoms. The number of aromatic nitrogens is 1. The molecule has 112 valence electrons. The first kappa shape index (κ1) is 14.4. The Morgan fingerprint density at radius 1 is 1.09 bits per heavy atom. The topological polar surface area (TPSA) is 53.1 Å². The van der Waals surface area contributed by atoms with Crippen LogP contribution in [-0.4, -0.2) is 16.1 Å². The molecule has 2 aromatic carbocycles. The van der Waals surface area contributed by atoms with Crippen LogP contribution in [0.5, 0.6) is 0 Å². The number of carboxylic acid groups (broad SMARTS) is 1. The van der Waals surface area contributed by atoms with Crippen LogP contribution in [0.25, 0.3) is 22.2 Å². The Morgan fingerprint density at radius 2 is 1.82 bits per heavy atom. The van der Waals surface area contributed by atoms with Crippen molar-refractivity contribution in [3.8, 4) is 11.3 Å². The number of hydrogen-bond acceptors (Lipinski definition) is 1. The van der Waals surface area contributed by atoms with Crippen molar-refractivity contribution in [2.45, 2.75) is 26.7 Å². The van der Waals surface area contributed by atoms with E-state index in [0.29, 0.717) is 6.42 Å². The third-order valence-electron chi connectivity index (χ3n) is 4.25. The standard InChI is InChI=1S/C19H19NO2/c1-12-8-10-16-18(13(12)2)15(9-11-17(21)22)19(20-16)14-6-4-3-5-7-14/h3-8,10,20H,9,11H2,1-2H3,(H,21,22). The lowest BCUT2D eigenvalue weighted by molar-refractivity contribution is -0.136. The maximum absolute atomic E-state index is 11.0. The number of aromatic amines is 1. The minimum absolute atomic E-state index is 0.139. The Morgan fingerprint density at radius 3 is 2.50 bits per heavy atom. The zero-order valence-electron chi connectivity index (χ0n) is 12.8. The molecule has 1 aromatic heterocycles. The van der Waals surface area contributed by atoms with Gasteiger partial charge in [0.25, 0.3) is 0 Å². The Balaban J connectivity index is 2.24. The minimum atomic E-state index is -0.765. The molecular formula is C19H19NO2. The van der Waals surface area contributed by atoms with Gasteiger partial charge < -0.3 is 10.1 Å². The number of aliphatic carboxylic acids is 1. The number of H-pyrrole nitrogens is 1. The van der Waals surface area contributed by atoms with E-state index in [-0.39, 0.29) is 6.42 Å². The summed E-state index contributed by atoms with van der Waals surface area (Å²) < 4.78 is 0. The molecule has 0 aliphatic heterocycles. The minimum Gasteiger partial charge on any atom is -0.481 e. The van der Waals surface area contributed by atoms with Gasteiger partial charge in [0.15, 0.2) is 0 Å². The van der Waals surface area contributed by atoms with Crippen molar-refractivity contribution in [1.29, 1.82) is 0 Å². The highest BCUT2D eigenvalue weighted by Gasteiger charge is 2.16. The number of aryl methyl sites for hydroxylation is 3. The molecule has 0 saturated heterocycles. The number of fused-ring (bicyclic) bond motifs is 1. The molecule has 3 rings (SSSR count). The largest absolute Gasteiger partial charge is 0.481 e. The van der Waals surface area contributed by atoms with Gasteiger partial charge in [0.05, 0.1) is 0 Å². The molecule has 3 nitrogen and oxygen atoms in total. The van der Waals surface area contributed by atoms with Crippen LogP contribution in [0.2, 0.25) is 0 Å². The van der Waals surface area contributed by atoms with Crippen LogP contribution < -0.4 is 0 Å². The normalized spacial score (nSPS) is 11.0. The van der Waals surface area contributed by atoms with Gasteiger partial charge in [-0.3, -0.25) is 4.79 Å². The summed E-state index contributed by atoms with van der Waals surface area (Å²) in [6.07, 6.45) is 0.671. The molecule has 0 unspecified atom stereocenters. The van der Waals surface area contributed by atoms with Gasteiger partial charge in [0.2, 0.25) is 0 Å². The van der Waals surface area contributed by atoms with Crippen molar-refractivity contribution in [3.63, 3.8) is 0 Å². The maximum Gasteiger partial charge on any atom is 0.303 e. The van der Waals surface area contributed by atoms with Crippen LogP contribution in [0.15, 0.2) is 42.5 Å². The fraction of sp³-hybridized carbons (Fsp3) is 0.211. The first-order chi connectivity index (χ1) is 10.6. The third-order valence-corrected chi connectivity index (χ3v) is 4.25. The number of rotatable bonds is 4. The molecular weight excluding hydrogens is 274 g/mol. The molecule has 3 heteroatoms. The van der Waals surface area contributed by atoms with E-state index in [0.717, 1.165) is 22.3 Å². The van der Waals surface area contributed by atoms with Crippen LogP contribution in [0, 0.1) is 13.8 Å². The second-order valence-electron chi connectivity index (χ2n) is 5.67. The lowest BCUT2D eigenvalue weighted by atomic mass is 9.97. The summed E-state index contributed by atoms with van der Waals surface area (Å²) >= 11 is 0. The van der Waals surface area contributed by atoms with Gasteiger partial charge in [-0.05, 0) is 48.6 Å². The van der Waals surface area contributed by atoms with Crippen molar-refractivity contribution in [2.75, 3.05) is 0 Å². The first-order valence-corrected chi connectivity index (χ1v) is 7.46. The van der Waals surface area contributed by atoms with Crippen LogP contribution in [0.4, 0.5) is 0 Å². The Labute approximate surface area is 129 Å². The van der Waals surface area contributed by atoms with Crippen LogP contribution in [0.3, 0.4) is 0 Å². The zero-order valence-corrected chi connectivity index (χ0v) is 12.8. The first-order valence-electron chi connectivity index (χ1n) is 7.46. The molecule has 3 aromatic rings. The van der Waals surface area contributed by atoms with Crippen LogP contribution in [0.1, 0.15) is 23.1 Å². The molecule has 1 heterocycles. The van der Waals surface area contributed by atoms with E-state index in [9.17, 15) is 4.79 Å². The van der Waals surface area contributed by atoms with E-state index in [1.165, 1.54) is 16.5 Å². The summed E-state index contributed by atoms with van der Waals surface area (Å²) in [4.78, 5) is 14.5. The van der Waals surface area contributed by atoms with E-state index >= 15 is 0 Å². The quantitative estimate of drug-likeness (QED) is 0.745. The van der Waals surface area contributed by atoms with Crippen LogP contribution in [-0.2, 0) is 11.2 Å². The molecule has 0 amide bonds. The second kappa shape index (κ2) is 5.68. The van der Waals surface area contributed by atoms with E-state index in [4.69, 9.17) is 5.11 Å². The molecule has 2 N–H and O–H groups in total. The predicted octanol–water partition coefficient (Wildman–Crippen LogP) is 4.47. The summed E-state index contributed by atoms with van der Waals surface area (Å²) in [7, 11) is 0. The number of hydrogen-bond donors (Lipinski definition) is 2. The Bertz CT molecular complexity index is 832. The monoisotopic (exact) mass is 293 g/mol. The number of carbonyl (C=O) groups is 1. The van der Waals surface area contributed by atoms with Crippen molar-refractivity contribution >= 4 is 16.9 Å². The smallest absolute Gasteiger partial charge is 0.303 e. The van der Waals surface area contributed by atoms with Crippen molar-refractivity contribution in [3.05, 3.63) is 59.2 Å². The Hall–Kier alpha value is -2.55. The van der Waals surface area contributed by atoms with E-state index in [1.807, 2.05) is 18.2 Å². The SMILES string of the molecule is Cc1ccc2[nH]c(-c3ccccc3)c(CCC(=O)O)c2c1C. The summed E-state index contributed by atoms with van der Waals surface area (Å²) in [5, 5.41) is 10.2. The Kier molecular flexibility index (Phi) is 3.72. The second-order valence-corrected chi connectivity index (χ2v) is 5.67. The van der Waals surface area contributed by atoms with Gasteiger partial charge in [0.1, 0.15) is 0 Å². The average molecular weight is 293 g/mol. The number of nitrogens with one attached hydrogen (secondary N) is 1. The third kappa shape index (κ3) is 2.50. The summed E-state index contributed by atoms with van der Waals surface area (Å²) in [5.41, 5.74) is 6.74. The fourth-order valence-corrected chi connectivity index (χ4v) is 2.98. The molecule has 0 bridgehead atoms. The molecule has 0 fully saturated rings. The highest BCUT2D eigenvalue weighted by atomic mass is 16.4. The summed E-state index contributed by atoms with van der Waals surface area (Å²) in [6.45, 7) is 4.19. The highest BCUT2D eigenvalue weighted by molar-refractivity contribution is 5.94. The maximum atomic E-state index is 11.0. The molecule has 0 aliphatic carbocycles. The summed E-state index contributed by atoms with van der Waals surface area (Å²) in [6, 6.07) is 14.3. The van der Waals surface area contributed by atoms with Gasteiger partial charge in [-0.2, -0.15) is 0 Å². The van der Waals surface area contributed by atoms with Crippen molar-refractivity contribution in [2.24, 2.45) is 0 Å². The average Bonchev–Trinajstić information content (AvgIpc) is 2.89. The molecule has 22 heavy (non-hydrogen) atoms. The van der Waals surface area contributed by atoms with E-state index < -0.39 is 5.97 Å². The number of benzene rings is 2. The fourth-order valence-electron chi connectivity index (χ4n) is 2.98. The van der Waals surface area contributed by atoms with Crippen molar-refractivity contribution in [1.82, 2.24) is 4.98 Å².